The maximum Gasteiger partial charge on any atom is 0.251 e. The van der Waals surface area contributed by atoms with E-state index in [1.165, 1.54) is 11.8 Å². The van der Waals surface area contributed by atoms with Crippen molar-refractivity contribution in [2.45, 2.75) is 18.3 Å². The van der Waals surface area contributed by atoms with Gasteiger partial charge in [-0.25, -0.2) is 0 Å². The van der Waals surface area contributed by atoms with Crippen LogP contribution in [0.3, 0.4) is 0 Å². The number of benzene rings is 2. The number of amides is 2. The van der Waals surface area contributed by atoms with Gasteiger partial charge in [-0.3, -0.25) is 14.6 Å². The minimum atomic E-state index is -0.241. The van der Waals surface area contributed by atoms with Gasteiger partial charge in [0.15, 0.2) is 5.16 Å². The lowest BCUT2D eigenvalue weighted by molar-refractivity contribution is -0.113. The minimum Gasteiger partial charge on any atom is -0.487 e. The second-order valence-electron chi connectivity index (χ2n) is 7.58. The molecule has 2 heterocycles. The molecular weight excluding hydrogens is 464 g/mol. The fraction of sp³-hybridized carbons (Fsp3) is 0.160. The van der Waals surface area contributed by atoms with E-state index in [4.69, 9.17) is 4.74 Å². The van der Waals surface area contributed by atoms with Crippen LogP contribution in [0.1, 0.15) is 21.6 Å². The van der Waals surface area contributed by atoms with Gasteiger partial charge < -0.3 is 19.9 Å². The predicted molar refractivity (Wildman–Crippen MR) is 133 cm³/mol. The van der Waals surface area contributed by atoms with E-state index in [0.29, 0.717) is 35.3 Å². The Morgan fingerprint density at radius 3 is 2.74 bits per heavy atom. The molecule has 0 aliphatic carbocycles. The first-order valence-corrected chi connectivity index (χ1v) is 11.8. The Morgan fingerprint density at radius 2 is 1.94 bits per heavy atom. The lowest BCUT2D eigenvalue weighted by atomic mass is 10.1. The van der Waals surface area contributed by atoms with Crippen molar-refractivity contribution in [2.75, 3.05) is 11.1 Å². The fourth-order valence-corrected chi connectivity index (χ4v) is 3.83. The number of ether oxygens (including phenoxy) is 1. The average molecular weight is 489 g/mol. The fourth-order valence-electron chi connectivity index (χ4n) is 3.14. The number of rotatable bonds is 10. The van der Waals surface area contributed by atoms with Crippen LogP contribution in [0, 0.1) is 0 Å². The van der Waals surface area contributed by atoms with Crippen molar-refractivity contribution in [3.63, 3.8) is 0 Å². The molecule has 0 spiro atoms. The maximum atomic E-state index is 12.7. The van der Waals surface area contributed by atoms with E-state index in [1.54, 1.807) is 41.4 Å². The molecule has 9 nitrogen and oxygen atoms in total. The molecule has 2 amide bonds. The summed E-state index contributed by atoms with van der Waals surface area (Å²) in [5.74, 6) is 0.445. The summed E-state index contributed by atoms with van der Waals surface area (Å²) in [7, 11) is 1.81. The first-order chi connectivity index (χ1) is 17.1. The van der Waals surface area contributed by atoms with Gasteiger partial charge in [-0.2, -0.15) is 0 Å². The molecule has 0 bridgehead atoms. The molecule has 35 heavy (non-hydrogen) atoms. The summed E-state index contributed by atoms with van der Waals surface area (Å²) in [4.78, 5) is 29.2. The highest BCUT2D eigenvalue weighted by Crippen LogP contribution is 2.17. The summed E-state index contributed by atoms with van der Waals surface area (Å²) in [6, 6.07) is 20.0. The Bertz CT molecular complexity index is 1300. The number of nitrogens with one attached hydrogen (secondary N) is 2. The van der Waals surface area contributed by atoms with Gasteiger partial charge in [0, 0.05) is 31.0 Å². The molecule has 0 fully saturated rings. The second-order valence-corrected chi connectivity index (χ2v) is 8.52. The predicted octanol–water partition coefficient (Wildman–Crippen LogP) is 3.45. The Labute approximate surface area is 206 Å². The number of hydrogen-bond donors (Lipinski definition) is 2. The van der Waals surface area contributed by atoms with Crippen LogP contribution in [-0.2, 0) is 25.0 Å². The van der Waals surface area contributed by atoms with Crippen LogP contribution in [-0.4, -0.2) is 37.3 Å². The van der Waals surface area contributed by atoms with Gasteiger partial charge in [-0.15, -0.1) is 10.2 Å². The number of carbonyl (C=O) groups is 2. The molecule has 2 N–H and O–H groups in total. The zero-order valence-corrected chi connectivity index (χ0v) is 19.9. The van der Waals surface area contributed by atoms with E-state index in [1.807, 2.05) is 49.5 Å². The van der Waals surface area contributed by atoms with Crippen LogP contribution in [0.5, 0.6) is 5.75 Å². The standard InChI is InChI=1S/C25H24N6O3S/c1-31-17-28-30-25(31)35-16-23(32)29-20-9-5-7-19(13-20)24(33)27-14-18-6-4-10-22(12-18)34-15-21-8-2-3-11-26-21/h2-13,17H,14-16H2,1H3,(H,27,33)(H,29,32). The first-order valence-electron chi connectivity index (χ1n) is 10.8. The first kappa shape index (κ1) is 24.0. The van der Waals surface area contributed by atoms with Gasteiger partial charge in [0.25, 0.3) is 5.91 Å². The summed E-state index contributed by atoms with van der Waals surface area (Å²) in [5, 5.41) is 14.1. The molecule has 0 aliphatic rings. The summed E-state index contributed by atoms with van der Waals surface area (Å²) in [6.45, 7) is 0.705. The zero-order chi connectivity index (χ0) is 24.5. The summed E-state index contributed by atoms with van der Waals surface area (Å²) < 4.78 is 7.54. The number of carbonyl (C=O) groups excluding carboxylic acids is 2. The highest BCUT2D eigenvalue weighted by Gasteiger charge is 2.10. The Morgan fingerprint density at radius 1 is 1.06 bits per heavy atom. The van der Waals surface area contributed by atoms with Crippen LogP contribution >= 0.6 is 11.8 Å². The van der Waals surface area contributed by atoms with Gasteiger partial charge in [-0.1, -0.05) is 36.0 Å². The smallest absolute Gasteiger partial charge is 0.251 e. The van der Waals surface area contributed by atoms with Crippen LogP contribution in [0.4, 0.5) is 5.69 Å². The minimum absolute atomic E-state index is 0.182. The maximum absolute atomic E-state index is 12.7. The van der Waals surface area contributed by atoms with Gasteiger partial charge in [-0.05, 0) is 48.0 Å². The summed E-state index contributed by atoms with van der Waals surface area (Å²) in [6.07, 6.45) is 3.30. The third kappa shape index (κ3) is 7.15. The summed E-state index contributed by atoms with van der Waals surface area (Å²) >= 11 is 1.28. The third-order valence-corrected chi connectivity index (χ3v) is 5.91. The Kier molecular flexibility index (Phi) is 8.08. The second kappa shape index (κ2) is 11.8. The van der Waals surface area contributed by atoms with E-state index in [0.717, 1.165) is 11.3 Å². The highest BCUT2D eigenvalue weighted by molar-refractivity contribution is 7.99. The Hall–Kier alpha value is -4.18. The van der Waals surface area contributed by atoms with Crippen LogP contribution in [0.25, 0.3) is 0 Å². The van der Waals surface area contributed by atoms with Crippen molar-refractivity contribution >= 4 is 29.3 Å². The molecule has 4 aromatic rings. The number of thioether (sulfide) groups is 1. The molecular formula is C25H24N6O3S. The van der Waals surface area contributed by atoms with E-state index in [-0.39, 0.29) is 17.6 Å². The van der Waals surface area contributed by atoms with Crippen LogP contribution in [0.2, 0.25) is 0 Å². The topological polar surface area (TPSA) is 111 Å². The van der Waals surface area contributed by atoms with E-state index >= 15 is 0 Å². The van der Waals surface area contributed by atoms with Gasteiger partial charge in [0.05, 0.1) is 11.4 Å². The van der Waals surface area contributed by atoms with Crippen LogP contribution in [0.15, 0.2) is 84.4 Å². The van der Waals surface area contributed by atoms with Crippen molar-refractivity contribution in [2.24, 2.45) is 7.05 Å². The third-order valence-electron chi connectivity index (χ3n) is 4.88. The molecule has 0 saturated carbocycles. The quantitative estimate of drug-likeness (QED) is 0.329. The molecule has 178 valence electrons. The largest absolute Gasteiger partial charge is 0.487 e. The number of hydrogen-bond acceptors (Lipinski definition) is 7. The van der Waals surface area contributed by atoms with Crippen molar-refractivity contribution in [1.29, 1.82) is 0 Å². The molecule has 4 rings (SSSR count). The van der Waals surface area contributed by atoms with E-state index < -0.39 is 0 Å². The molecule has 0 atom stereocenters. The number of pyridine rings is 1. The number of aromatic nitrogens is 4. The average Bonchev–Trinajstić information content (AvgIpc) is 3.30. The van der Waals surface area contributed by atoms with Crippen LogP contribution < -0.4 is 15.4 Å². The summed E-state index contributed by atoms with van der Waals surface area (Å²) in [5.41, 5.74) is 2.74. The number of anilines is 1. The zero-order valence-electron chi connectivity index (χ0n) is 19.0. The highest BCUT2D eigenvalue weighted by atomic mass is 32.2. The van der Waals surface area contributed by atoms with Gasteiger partial charge >= 0.3 is 0 Å². The SMILES string of the molecule is Cn1cnnc1SCC(=O)Nc1cccc(C(=O)NCc2cccc(OCc3ccccn3)c2)c1. The normalized spacial score (nSPS) is 10.5. The number of aryl methyl sites for hydroxylation is 1. The van der Waals surface area contributed by atoms with Gasteiger partial charge in [0.1, 0.15) is 18.7 Å². The van der Waals surface area contributed by atoms with Gasteiger partial charge in [0.2, 0.25) is 5.91 Å². The molecule has 2 aromatic carbocycles. The monoisotopic (exact) mass is 488 g/mol. The van der Waals surface area contributed by atoms with E-state index in [9.17, 15) is 9.59 Å². The molecule has 2 aromatic heterocycles. The lowest BCUT2D eigenvalue weighted by Crippen LogP contribution is -2.23. The van der Waals surface area contributed by atoms with Crippen molar-refractivity contribution in [3.8, 4) is 5.75 Å². The van der Waals surface area contributed by atoms with Crippen molar-refractivity contribution < 1.29 is 14.3 Å². The molecule has 0 radical (unpaired) electrons. The Balaban J connectivity index is 1.28. The van der Waals surface area contributed by atoms with E-state index in [2.05, 4.69) is 25.8 Å². The molecule has 0 saturated heterocycles. The molecule has 0 aliphatic heterocycles. The van der Waals surface area contributed by atoms with Crippen molar-refractivity contribution in [3.05, 3.63) is 96.1 Å². The van der Waals surface area contributed by atoms with Crippen molar-refractivity contribution in [1.82, 2.24) is 25.1 Å². The molecule has 0 unspecified atom stereocenters. The molecule has 10 heteroatoms. The number of nitrogens with zero attached hydrogens (tertiary/aromatic N) is 4. The lowest BCUT2D eigenvalue weighted by Gasteiger charge is -2.10.